The predicted molar refractivity (Wildman–Crippen MR) is 136 cm³/mol. The van der Waals surface area contributed by atoms with Crippen molar-refractivity contribution < 1.29 is 24.2 Å². The van der Waals surface area contributed by atoms with Crippen molar-refractivity contribution in [1.29, 1.82) is 0 Å². The molecule has 3 aliphatic rings. The minimum atomic E-state index is -1.17. The van der Waals surface area contributed by atoms with Crippen molar-refractivity contribution in [3.8, 4) is 0 Å². The third-order valence-electron chi connectivity index (χ3n) is 7.78. The molecule has 3 amide bonds. The Hall–Kier alpha value is -1.68. The summed E-state index contributed by atoms with van der Waals surface area (Å²) in [6, 6.07) is 5.16. The lowest BCUT2D eigenvalue weighted by Gasteiger charge is -2.38. The maximum Gasteiger partial charge on any atom is 0.250 e. The van der Waals surface area contributed by atoms with Gasteiger partial charge in [0.25, 0.3) is 0 Å². The Kier molecular flexibility index (Phi) is 7.81. The molecule has 0 radical (unpaired) electrons. The Morgan fingerprint density at radius 1 is 1.29 bits per heavy atom. The number of hydrogen-bond acceptors (Lipinski definition) is 5. The summed E-state index contributed by atoms with van der Waals surface area (Å²) < 4.78 is 6.48. The average Bonchev–Trinajstić information content (AvgIpc) is 3.43. The number of benzene rings is 1. The Morgan fingerprint density at radius 2 is 1.97 bits per heavy atom. The van der Waals surface area contributed by atoms with Crippen LogP contribution in [0.2, 0.25) is 5.02 Å². The molecule has 1 aromatic carbocycles. The quantitative estimate of drug-likeness (QED) is 0.396. The molecule has 0 aliphatic carbocycles. The van der Waals surface area contributed by atoms with Gasteiger partial charge in [0.05, 0.1) is 30.6 Å². The number of anilines is 1. The summed E-state index contributed by atoms with van der Waals surface area (Å²) in [6.45, 7) is 6.10. The van der Waals surface area contributed by atoms with Crippen LogP contribution in [0, 0.1) is 17.8 Å². The number of nitrogens with one attached hydrogen (secondary N) is 2. The number of carbonyl (C=O) groups excluding carboxylic acids is 3. The normalized spacial score (nSPS) is 32.9. The first kappa shape index (κ1) is 26.4. The van der Waals surface area contributed by atoms with Crippen LogP contribution in [0.15, 0.2) is 24.3 Å². The second-order valence-corrected chi connectivity index (χ2v) is 11.4. The van der Waals surface area contributed by atoms with Gasteiger partial charge in [-0.05, 0) is 43.0 Å². The largest absolute Gasteiger partial charge is 0.394 e. The summed E-state index contributed by atoms with van der Waals surface area (Å²) in [6.07, 6.45) is 1.39. The van der Waals surface area contributed by atoms with E-state index in [0.717, 1.165) is 6.42 Å². The lowest BCUT2D eigenvalue weighted by atomic mass is 9.70. The number of rotatable bonds is 9. The number of nitrogens with zero attached hydrogens (tertiary/aromatic N) is 1. The van der Waals surface area contributed by atoms with E-state index < -0.39 is 41.5 Å². The van der Waals surface area contributed by atoms with Gasteiger partial charge >= 0.3 is 0 Å². The smallest absolute Gasteiger partial charge is 0.250 e. The molecule has 0 aromatic heterocycles. The van der Waals surface area contributed by atoms with E-state index in [1.807, 2.05) is 20.8 Å². The molecule has 1 spiro atoms. The van der Waals surface area contributed by atoms with Gasteiger partial charge in [-0.2, -0.15) is 0 Å². The third-order valence-corrected chi connectivity index (χ3v) is 8.88. The van der Waals surface area contributed by atoms with Gasteiger partial charge in [0.15, 0.2) is 0 Å². The van der Waals surface area contributed by atoms with Crippen molar-refractivity contribution in [3.63, 3.8) is 0 Å². The molecule has 0 saturated carbocycles. The van der Waals surface area contributed by atoms with Crippen molar-refractivity contribution in [2.45, 2.75) is 68.6 Å². The standard InChI is InChI=1S/C25H33BrClN3O5/c1-4-10-28-22(32)18-19-24(34)30(17(12-31)13(3)5-2)21(25(19)11-16(26)20(18)35-25)23(33)29-15-8-6-14(27)7-9-15/h6-9,13,16-21,31H,4-5,10-12H2,1-3H3,(H,28,32)(H,29,33)/t13-,16?,17-,18-,19-,20-,21?,25?/m0/s1. The van der Waals surface area contributed by atoms with Crippen molar-refractivity contribution in [2.24, 2.45) is 17.8 Å². The van der Waals surface area contributed by atoms with Gasteiger partial charge in [-0.15, -0.1) is 0 Å². The van der Waals surface area contributed by atoms with Gasteiger partial charge in [-0.25, -0.2) is 0 Å². The van der Waals surface area contributed by atoms with E-state index >= 15 is 0 Å². The first-order chi connectivity index (χ1) is 16.7. The third kappa shape index (κ3) is 4.38. The zero-order chi connectivity index (χ0) is 25.5. The molecular weight excluding hydrogens is 538 g/mol. The number of likely N-dealkylation sites (tertiary alicyclic amines) is 1. The molecular formula is C25H33BrClN3O5. The van der Waals surface area contributed by atoms with E-state index in [1.54, 1.807) is 24.3 Å². The summed E-state index contributed by atoms with van der Waals surface area (Å²) in [5, 5.41) is 16.7. The molecule has 1 aromatic rings. The highest BCUT2D eigenvalue weighted by Gasteiger charge is 2.77. The SMILES string of the molecule is CCCNC(=O)[C@H]1[C@H]2C(=O)N([C@@H](CO)[C@@H](C)CC)C(C(=O)Nc3ccc(Cl)cc3)C23CC(Br)[C@@H]1O3. The summed E-state index contributed by atoms with van der Waals surface area (Å²) in [5.41, 5.74) is -0.627. The van der Waals surface area contributed by atoms with Crippen LogP contribution in [0.3, 0.4) is 0 Å². The van der Waals surface area contributed by atoms with Crippen molar-refractivity contribution in [1.82, 2.24) is 10.2 Å². The zero-order valence-corrected chi connectivity index (χ0v) is 22.5. The first-order valence-corrected chi connectivity index (χ1v) is 13.6. The van der Waals surface area contributed by atoms with E-state index in [9.17, 15) is 19.5 Å². The molecule has 3 unspecified atom stereocenters. The number of carbonyl (C=O) groups is 3. The fraction of sp³-hybridized carbons (Fsp3) is 0.640. The van der Waals surface area contributed by atoms with Crippen LogP contribution in [0.4, 0.5) is 5.69 Å². The zero-order valence-electron chi connectivity index (χ0n) is 20.2. The van der Waals surface area contributed by atoms with Crippen LogP contribution in [-0.2, 0) is 19.1 Å². The van der Waals surface area contributed by atoms with Crippen LogP contribution < -0.4 is 10.6 Å². The summed E-state index contributed by atoms with van der Waals surface area (Å²) >= 11 is 9.65. The molecule has 3 N–H and O–H groups in total. The van der Waals surface area contributed by atoms with Crippen molar-refractivity contribution >= 4 is 50.9 Å². The van der Waals surface area contributed by atoms with Gasteiger partial charge < -0.3 is 25.4 Å². The number of fused-ring (bicyclic) bond motifs is 1. The lowest BCUT2D eigenvalue weighted by molar-refractivity contribution is -0.145. The second-order valence-electron chi connectivity index (χ2n) is 9.83. The van der Waals surface area contributed by atoms with E-state index in [4.69, 9.17) is 16.3 Å². The number of ether oxygens (including phenoxy) is 1. The van der Waals surface area contributed by atoms with Crippen LogP contribution in [0.1, 0.15) is 40.0 Å². The Morgan fingerprint density at radius 3 is 2.57 bits per heavy atom. The highest BCUT2D eigenvalue weighted by atomic mass is 79.9. The van der Waals surface area contributed by atoms with E-state index in [2.05, 4.69) is 26.6 Å². The molecule has 192 valence electrons. The fourth-order valence-corrected chi connectivity index (χ4v) is 7.02. The van der Waals surface area contributed by atoms with Crippen LogP contribution in [-0.4, -0.2) is 69.5 Å². The van der Waals surface area contributed by atoms with Crippen LogP contribution in [0.5, 0.6) is 0 Å². The summed E-state index contributed by atoms with van der Waals surface area (Å²) in [5.74, 6) is -2.51. The molecule has 3 heterocycles. The fourth-order valence-electron chi connectivity index (χ4n) is 5.95. The molecule has 2 bridgehead atoms. The predicted octanol–water partition coefficient (Wildman–Crippen LogP) is 2.96. The number of amides is 3. The Bertz CT molecular complexity index is 978. The molecule has 8 nitrogen and oxygen atoms in total. The van der Waals surface area contributed by atoms with E-state index in [1.165, 1.54) is 4.90 Å². The van der Waals surface area contributed by atoms with E-state index in [-0.39, 0.29) is 29.2 Å². The minimum absolute atomic E-state index is 0.0608. The van der Waals surface area contributed by atoms with Crippen molar-refractivity contribution in [2.75, 3.05) is 18.5 Å². The van der Waals surface area contributed by atoms with Crippen molar-refractivity contribution in [3.05, 3.63) is 29.3 Å². The molecule has 35 heavy (non-hydrogen) atoms. The van der Waals surface area contributed by atoms with E-state index in [0.29, 0.717) is 30.1 Å². The topological polar surface area (TPSA) is 108 Å². The monoisotopic (exact) mass is 569 g/mol. The van der Waals surface area contributed by atoms with Gasteiger partial charge in [0.1, 0.15) is 11.6 Å². The lowest BCUT2D eigenvalue weighted by Crippen LogP contribution is -2.57. The number of hydrogen-bond donors (Lipinski definition) is 3. The van der Waals surface area contributed by atoms with Gasteiger partial charge in [-0.3, -0.25) is 14.4 Å². The molecule has 3 aliphatic heterocycles. The highest BCUT2D eigenvalue weighted by Crippen LogP contribution is 2.60. The minimum Gasteiger partial charge on any atom is -0.394 e. The van der Waals surface area contributed by atoms with Gasteiger partial charge in [-0.1, -0.05) is 54.7 Å². The molecule has 4 rings (SSSR count). The first-order valence-electron chi connectivity index (χ1n) is 12.3. The van der Waals surface area contributed by atoms with Crippen LogP contribution in [0.25, 0.3) is 0 Å². The Labute approximate surface area is 219 Å². The summed E-state index contributed by atoms with van der Waals surface area (Å²) in [4.78, 5) is 42.4. The number of halogens is 2. The molecule has 10 heteroatoms. The molecule has 3 fully saturated rings. The highest BCUT2D eigenvalue weighted by molar-refractivity contribution is 9.09. The number of aliphatic hydroxyl groups is 1. The number of alkyl halides is 1. The Balaban J connectivity index is 1.76. The average molecular weight is 571 g/mol. The second kappa shape index (κ2) is 10.4. The maximum atomic E-state index is 14.0. The van der Waals surface area contributed by atoms with Gasteiger partial charge in [0, 0.05) is 22.1 Å². The molecule has 8 atom stereocenters. The summed E-state index contributed by atoms with van der Waals surface area (Å²) in [7, 11) is 0. The van der Waals surface area contributed by atoms with Crippen LogP contribution >= 0.6 is 27.5 Å². The molecule has 3 saturated heterocycles. The maximum absolute atomic E-state index is 14.0. The number of aliphatic hydroxyl groups excluding tert-OH is 1. The van der Waals surface area contributed by atoms with Gasteiger partial charge in [0.2, 0.25) is 17.7 Å².